The molecule has 0 aliphatic carbocycles. The fourth-order valence-corrected chi connectivity index (χ4v) is 1.45. The molecule has 1 aromatic heterocycles. The Morgan fingerprint density at radius 2 is 2.06 bits per heavy atom. The Kier molecular flexibility index (Phi) is 3.37. The molecule has 0 aliphatic rings. The first-order valence-corrected chi connectivity index (χ1v) is 5.47. The SMILES string of the molecule is CC(=O)c1ccc(Oc2ccc(F)c(C)c2)nc1. The van der Waals surface area contributed by atoms with Crippen LogP contribution in [0.3, 0.4) is 0 Å². The van der Waals surface area contributed by atoms with Gasteiger partial charge >= 0.3 is 0 Å². The van der Waals surface area contributed by atoms with Crippen molar-refractivity contribution in [1.29, 1.82) is 0 Å². The molecule has 1 heterocycles. The lowest BCUT2D eigenvalue weighted by atomic mass is 10.2. The topological polar surface area (TPSA) is 39.2 Å². The highest BCUT2D eigenvalue weighted by Crippen LogP contribution is 2.21. The number of nitrogens with zero attached hydrogens (tertiary/aromatic N) is 1. The lowest BCUT2D eigenvalue weighted by molar-refractivity contribution is 0.101. The van der Waals surface area contributed by atoms with Crippen LogP contribution in [0.4, 0.5) is 4.39 Å². The van der Waals surface area contributed by atoms with E-state index in [0.29, 0.717) is 22.8 Å². The summed E-state index contributed by atoms with van der Waals surface area (Å²) in [6, 6.07) is 7.71. The van der Waals surface area contributed by atoms with E-state index in [1.807, 2.05) is 0 Å². The van der Waals surface area contributed by atoms with Crippen molar-refractivity contribution >= 4 is 5.78 Å². The van der Waals surface area contributed by atoms with Gasteiger partial charge in [0.1, 0.15) is 11.6 Å². The maximum Gasteiger partial charge on any atom is 0.219 e. The molecule has 3 nitrogen and oxygen atoms in total. The monoisotopic (exact) mass is 245 g/mol. The van der Waals surface area contributed by atoms with Crippen molar-refractivity contribution in [2.45, 2.75) is 13.8 Å². The van der Waals surface area contributed by atoms with Crippen LogP contribution in [0.1, 0.15) is 22.8 Å². The van der Waals surface area contributed by atoms with Crippen LogP contribution in [-0.2, 0) is 0 Å². The predicted molar refractivity (Wildman–Crippen MR) is 65.5 cm³/mol. The summed E-state index contributed by atoms with van der Waals surface area (Å²) in [6.07, 6.45) is 1.45. The van der Waals surface area contributed by atoms with Gasteiger partial charge in [-0.15, -0.1) is 0 Å². The van der Waals surface area contributed by atoms with Crippen LogP contribution in [0, 0.1) is 12.7 Å². The van der Waals surface area contributed by atoms with Crippen molar-refractivity contribution < 1.29 is 13.9 Å². The third-order valence-electron chi connectivity index (χ3n) is 2.49. The Balaban J connectivity index is 2.18. The van der Waals surface area contributed by atoms with Crippen LogP contribution in [0.5, 0.6) is 11.6 Å². The van der Waals surface area contributed by atoms with E-state index < -0.39 is 0 Å². The summed E-state index contributed by atoms with van der Waals surface area (Å²) in [5.74, 6) is 0.553. The van der Waals surface area contributed by atoms with E-state index in [1.54, 1.807) is 25.1 Å². The van der Waals surface area contributed by atoms with Crippen molar-refractivity contribution in [2.24, 2.45) is 0 Å². The van der Waals surface area contributed by atoms with Crippen molar-refractivity contribution in [2.75, 3.05) is 0 Å². The number of Topliss-reactive ketones (excluding diaryl/α,β-unsaturated/α-hetero) is 1. The van der Waals surface area contributed by atoms with Gasteiger partial charge in [-0.25, -0.2) is 9.37 Å². The highest BCUT2D eigenvalue weighted by atomic mass is 19.1. The first-order valence-electron chi connectivity index (χ1n) is 5.47. The number of carbonyl (C=O) groups is 1. The van der Waals surface area contributed by atoms with Gasteiger partial charge < -0.3 is 4.74 Å². The van der Waals surface area contributed by atoms with Crippen LogP contribution in [0.15, 0.2) is 36.5 Å². The Bertz CT molecular complexity index is 579. The lowest BCUT2D eigenvalue weighted by Crippen LogP contribution is -1.94. The molecule has 0 bridgehead atoms. The van der Waals surface area contributed by atoms with Gasteiger partial charge in [-0.2, -0.15) is 0 Å². The van der Waals surface area contributed by atoms with Gasteiger partial charge in [0, 0.05) is 17.8 Å². The molecule has 0 radical (unpaired) electrons. The Labute approximate surface area is 104 Å². The van der Waals surface area contributed by atoms with Gasteiger partial charge in [0.25, 0.3) is 0 Å². The van der Waals surface area contributed by atoms with E-state index in [4.69, 9.17) is 4.74 Å². The average molecular weight is 245 g/mol. The van der Waals surface area contributed by atoms with Crippen LogP contribution in [0.25, 0.3) is 0 Å². The first kappa shape index (κ1) is 12.2. The van der Waals surface area contributed by atoms with Crippen molar-refractivity contribution in [3.05, 3.63) is 53.5 Å². The quantitative estimate of drug-likeness (QED) is 0.776. The van der Waals surface area contributed by atoms with Crippen LogP contribution in [0.2, 0.25) is 0 Å². The minimum atomic E-state index is -0.276. The van der Waals surface area contributed by atoms with E-state index in [2.05, 4.69) is 4.98 Å². The third kappa shape index (κ3) is 2.71. The summed E-state index contributed by atoms with van der Waals surface area (Å²) < 4.78 is 18.5. The molecule has 0 amide bonds. The van der Waals surface area contributed by atoms with Gasteiger partial charge in [-0.05, 0) is 43.7 Å². The molecule has 4 heteroatoms. The van der Waals surface area contributed by atoms with Crippen molar-refractivity contribution in [3.8, 4) is 11.6 Å². The molecule has 0 fully saturated rings. The Morgan fingerprint density at radius 1 is 1.28 bits per heavy atom. The number of hydrogen-bond acceptors (Lipinski definition) is 3. The number of rotatable bonds is 3. The van der Waals surface area contributed by atoms with Gasteiger partial charge in [0.15, 0.2) is 5.78 Å². The molecule has 2 rings (SSSR count). The average Bonchev–Trinajstić information content (AvgIpc) is 2.34. The number of ketones is 1. The van der Waals surface area contributed by atoms with E-state index in [1.165, 1.54) is 25.3 Å². The zero-order chi connectivity index (χ0) is 13.1. The molecule has 0 atom stereocenters. The molecule has 0 saturated carbocycles. The molecule has 0 saturated heterocycles. The van der Waals surface area contributed by atoms with Crippen LogP contribution >= 0.6 is 0 Å². The molecule has 2 aromatic rings. The molecular formula is C14H12FNO2. The lowest BCUT2D eigenvalue weighted by Gasteiger charge is -2.06. The zero-order valence-electron chi connectivity index (χ0n) is 10.1. The van der Waals surface area contributed by atoms with E-state index >= 15 is 0 Å². The second-order valence-corrected chi connectivity index (χ2v) is 3.95. The second kappa shape index (κ2) is 4.96. The predicted octanol–water partition coefficient (Wildman–Crippen LogP) is 3.52. The fourth-order valence-electron chi connectivity index (χ4n) is 1.45. The fraction of sp³-hybridized carbons (Fsp3) is 0.143. The molecule has 0 aliphatic heterocycles. The normalized spacial score (nSPS) is 10.2. The largest absolute Gasteiger partial charge is 0.439 e. The number of halogens is 1. The molecule has 0 N–H and O–H groups in total. The second-order valence-electron chi connectivity index (χ2n) is 3.95. The summed E-state index contributed by atoms with van der Waals surface area (Å²) >= 11 is 0. The molecule has 0 unspecified atom stereocenters. The molecular weight excluding hydrogens is 233 g/mol. The van der Waals surface area contributed by atoms with Gasteiger partial charge in [-0.1, -0.05) is 0 Å². The number of benzene rings is 1. The minimum Gasteiger partial charge on any atom is -0.439 e. The summed E-state index contributed by atoms with van der Waals surface area (Å²) in [5.41, 5.74) is 1.03. The highest BCUT2D eigenvalue weighted by molar-refractivity contribution is 5.93. The smallest absolute Gasteiger partial charge is 0.219 e. The highest BCUT2D eigenvalue weighted by Gasteiger charge is 2.04. The summed E-state index contributed by atoms with van der Waals surface area (Å²) in [4.78, 5) is 15.1. The zero-order valence-corrected chi connectivity index (χ0v) is 10.1. The number of ether oxygens (including phenoxy) is 1. The molecule has 1 aromatic carbocycles. The summed E-state index contributed by atoms with van der Waals surface area (Å²) in [7, 11) is 0. The van der Waals surface area contributed by atoms with E-state index in [9.17, 15) is 9.18 Å². The number of pyridine rings is 1. The minimum absolute atomic E-state index is 0.0494. The third-order valence-corrected chi connectivity index (χ3v) is 2.49. The first-order chi connectivity index (χ1) is 8.56. The summed E-state index contributed by atoms with van der Waals surface area (Å²) in [5, 5.41) is 0. The molecule has 18 heavy (non-hydrogen) atoms. The van der Waals surface area contributed by atoms with Crippen LogP contribution in [-0.4, -0.2) is 10.8 Å². The van der Waals surface area contributed by atoms with E-state index in [0.717, 1.165) is 0 Å². The number of carbonyl (C=O) groups excluding carboxylic acids is 1. The molecule has 0 spiro atoms. The van der Waals surface area contributed by atoms with Gasteiger partial charge in [0.2, 0.25) is 5.88 Å². The number of hydrogen-bond donors (Lipinski definition) is 0. The summed E-state index contributed by atoms with van der Waals surface area (Å²) in [6.45, 7) is 3.13. The van der Waals surface area contributed by atoms with Crippen molar-refractivity contribution in [1.82, 2.24) is 4.98 Å². The van der Waals surface area contributed by atoms with Crippen molar-refractivity contribution in [3.63, 3.8) is 0 Å². The maximum absolute atomic E-state index is 13.1. The van der Waals surface area contributed by atoms with Gasteiger partial charge in [-0.3, -0.25) is 4.79 Å². The Hall–Kier alpha value is -2.23. The van der Waals surface area contributed by atoms with Gasteiger partial charge in [0.05, 0.1) is 0 Å². The number of aromatic nitrogens is 1. The molecule has 92 valence electrons. The maximum atomic E-state index is 13.1. The van der Waals surface area contributed by atoms with E-state index in [-0.39, 0.29) is 11.6 Å². The standard InChI is InChI=1S/C14H12FNO2/c1-9-7-12(4-5-13(9)15)18-14-6-3-11(8-16-14)10(2)17/h3-8H,1-2H3. The number of aryl methyl sites for hydroxylation is 1. The Morgan fingerprint density at radius 3 is 2.61 bits per heavy atom. The van der Waals surface area contributed by atoms with Crippen LogP contribution < -0.4 is 4.74 Å².